The lowest BCUT2D eigenvalue weighted by Crippen LogP contribution is -2.32. The van der Waals surface area contributed by atoms with E-state index in [1.807, 2.05) is 50.9 Å². The highest BCUT2D eigenvalue weighted by molar-refractivity contribution is 7.20. The molecule has 7 nitrogen and oxygen atoms in total. The molecule has 1 fully saturated rings. The van der Waals surface area contributed by atoms with E-state index in [2.05, 4.69) is 6.58 Å². The van der Waals surface area contributed by atoms with E-state index in [1.54, 1.807) is 11.0 Å². The molecule has 1 aliphatic heterocycles. The molecule has 2 aromatic heterocycles. The summed E-state index contributed by atoms with van der Waals surface area (Å²) in [6.45, 7) is 10.7. The summed E-state index contributed by atoms with van der Waals surface area (Å²) >= 11 is 7.59. The van der Waals surface area contributed by atoms with Crippen LogP contribution in [0.4, 0.5) is 15.6 Å². The molecule has 0 saturated carbocycles. The number of hydrogen-bond donors (Lipinski definition) is 0. The summed E-state index contributed by atoms with van der Waals surface area (Å²) in [5.41, 5.74) is 0.287. The highest BCUT2D eigenvalue weighted by atomic mass is 35.5. The number of carbonyl (C=O) groups excluding carboxylic acids is 2. The first-order chi connectivity index (χ1) is 15.1. The highest BCUT2D eigenvalue weighted by Crippen LogP contribution is 2.37. The summed E-state index contributed by atoms with van der Waals surface area (Å²) in [5.74, 6) is 0.793. The van der Waals surface area contributed by atoms with Crippen molar-refractivity contribution in [1.29, 1.82) is 0 Å². The van der Waals surface area contributed by atoms with Crippen LogP contribution in [0.3, 0.4) is 0 Å². The number of hydrogen-bond acceptors (Lipinski definition) is 6. The van der Waals surface area contributed by atoms with Gasteiger partial charge in [0.1, 0.15) is 12.4 Å². The van der Waals surface area contributed by atoms with Crippen LogP contribution in [0.1, 0.15) is 56.4 Å². The van der Waals surface area contributed by atoms with Gasteiger partial charge in [-0.3, -0.25) is 4.79 Å². The van der Waals surface area contributed by atoms with Gasteiger partial charge in [-0.25, -0.2) is 4.79 Å². The second-order valence-electron chi connectivity index (χ2n) is 9.01. The Labute approximate surface area is 198 Å². The Kier molecular flexibility index (Phi) is 7.67. The van der Waals surface area contributed by atoms with E-state index in [0.717, 1.165) is 30.0 Å². The third kappa shape index (κ3) is 5.53. The minimum Gasteiger partial charge on any atom is -0.445 e. The van der Waals surface area contributed by atoms with Gasteiger partial charge in [0, 0.05) is 37.5 Å². The fourth-order valence-electron chi connectivity index (χ4n) is 3.69. The first-order valence-electron chi connectivity index (χ1n) is 10.8. The molecule has 174 valence electrons. The third-order valence-electron chi connectivity index (χ3n) is 5.51. The summed E-state index contributed by atoms with van der Waals surface area (Å²) in [6, 6.07) is 5.77. The molecule has 0 aliphatic carbocycles. The lowest BCUT2D eigenvalue weighted by atomic mass is 9.96. The lowest BCUT2D eigenvalue weighted by Gasteiger charge is -2.22. The molecule has 3 heterocycles. The van der Waals surface area contributed by atoms with Crippen molar-refractivity contribution >= 4 is 45.8 Å². The topological polar surface area (TPSA) is 67.7 Å². The molecule has 3 rings (SSSR count). The molecule has 0 N–H and O–H groups in total. The Morgan fingerprint density at radius 3 is 2.72 bits per heavy atom. The standard InChI is InChI=1S/C23H31ClN4O3S/c1-6-14-31-22(30)27-12-7-8-16(11-13-27)17-15-19(26(5)20-10-9-18(24)32-20)28(25-17)21(29)23(2,3)4/h6,9-10,15-16H,1,7-8,11-14H2,2-5H3. The molecule has 0 spiro atoms. The van der Waals surface area contributed by atoms with Crippen LogP contribution in [0.2, 0.25) is 4.34 Å². The smallest absolute Gasteiger partial charge is 0.410 e. The zero-order chi connectivity index (χ0) is 23.5. The Hall–Kier alpha value is -2.32. The van der Waals surface area contributed by atoms with Gasteiger partial charge in [0.15, 0.2) is 0 Å². The second kappa shape index (κ2) is 10.1. The van der Waals surface area contributed by atoms with Gasteiger partial charge in [0.25, 0.3) is 5.91 Å². The van der Waals surface area contributed by atoms with Gasteiger partial charge < -0.3 is 14.5 Å². The number of aromatic nitrogens is 2. The van der Waals surface area contributed by atoms with Crippen LogP contribution in [0.5, 0.6) is 0 Å². The van der Waals surface area contributed by atoms with Crippen molar-refractivity contribution in [2.24, 2.45) is 5.41 Å². The Balaban J connectivity index is 1.87. The molecule has 2 aromatic rings. The van der Waals surface area contributed by atoms with Gasteiger partial charge >= 0.3 is 6.09 Å². The quantitative estimate of drug-likeness (QED) is 0.497. The minimum atomic E-state index is -0.582. The van der Waals surface area contributed by atoms with Crippen LogP contribution in [0, 0.1) is 5.41 Å². The van der Waals surface area contributed by atoms with Crippen LogP contribution in [0.15, 0.2) is 30.9 Å². The van der Waals surface area contributed by atoms with Crippen LogP contribution in [0.25, 0.3) is 0 Å². The van der Waals surface area contributed by atoms with Crippen molar-refractivity contribution in [2.45, 2.75) is 46.0 Å². The van der Waals surface area contributed by atoms with Crippen molar-refractivity contribution < 1.29 is 14.3 Å². The number of likely N-dealkylation sites (tertiary alicyclic amines) is 1. The van der Waals surface area contributed by atoms with Crippen LogP contribution in [-0.2, 0) is 4.74 Å². The average Bonchev–Trinajstić information content (AvgIpc) is 3.30. The van der Waals surface area contributed by atoms with Gasteiger partial charge in [0.05, 0.1) is 15.0 Å². The summed E-state index contributed by atoms with van der Waals surface area (Å²) < 4.78 is 7.40. The predicted molar refractivity (Wildman–Crippen MR) is 129 cm³/mol. The third-order valence-corrected chi connectivity index (χ3v) is 6.81. The van der Waals surface area contributed by atoms with Gasteiger partial charge in [-0.2, -0.15) is 9.78 Å². The van der Waals surface area contributed by atoms with E-state index in [4.69, 9.17) is 21.4 Å². The van der Waals surface area contributed by atoms with Crippen LogP contribution in [-0.4, -0.2) is 53.4 Å². The van der Waals surface area contributed by atoms with E-state index in [0.29, 0.717) is 23.2 Å². The van der Waals surface area contributed by atoms with Gasteiger partial charge in [-0.1, -0.05) is 45.0 Å². The molecule has 1 saturated heterocycles. The van der Waals surface area contributed by atoms with Crippen LogP contribution >= 0.6 is 22.9 Å². The second-order valence-corrected chi connectivity index (χ2v) is 10.7. The number of amides is 1. The van der Waals surface area contributed by atoms with Crippen molar-refractivity contribution in [3.05, 3.63) is 40.9 Å². The molecule has 0 bridgehead atoms. The number of halogens is 1. The summed E-state index contributed by atoms with van der Waals surface area (Å²) in [4.78, 5) is 29.1. The first kappa shape index (κ1) is 24.3. The van der Waals surface area contributed by atoms with Crippen molar-refractivity contribution in [1.82, 2.24) is 14.7 Å². The van der Waals surface area contributed by atoms with Gasteiger partial charge in [0.2, 0.25) is 0 Å². The molecular weight excluding hydrogens is 448 g/mol. The number of nitrogens with zero attached hydrogens (tertiary/aromatic N) is 4. The van der Waals surface area contributed by atoms with Crippen molar-refractivity contribution in [3.8, 4) is 0 Å². The zero-order valence-electron chi connectivity index (χ0n) is 19.1. The molecule has 1 atom stereocenters. The van der Waals surface area contributed by atoms with E-state index < -0.39 is 5.41 Å². The number of thiophene rings is 1. The molecule has 1 amide bonds. The van der Waals surface area contributed by atoms with Crippen molar-refractivity contribution in [2.75, 3.05) is 31.6 Å². The molecule has 0 radical (unpaired) electrons. The summed E-state index contributed by atoms with van der Waals surface area (Å²) in [7, 11) is 1.92. The predicted octanol–water partition coefficient (Wildman–Crippen LogP) is 5.94. The molecule has 1 unspecified atom stereocenters. The zero-order valence-corrected chi connectivity index (χ0v) is 20.7. The monoisotopic (exact) mass is 478 g/mol. The highest BCUT2D eigenvalue weighted by Gasteiger charge is 2.31. The Morgan fingerprint density at radius 2 is 2.09 bits per heavy atom. The number of carbonyl (C=O) groups is 2. The molecule has 0 aromatic carbocycles. The van der Waals surface area contributed by atoms with E-state index in [-0.39, 0.29) is 24.5 Å². The SMILES string of the molecule is C=CCOC(=O)N1CCCC(c2cc(N(C)c3ccc(Cl)s3)n(C(=O)C(C)(C)C)n2)CC1. The fourth-order valence-corrected chi connectivity index (χ4v) is 4.69. The van der Waals surface area contributed by atoms with Gasteiger partial charge in [-0.15, -0.1) is 11.3 Å². The first-order valence-corrected chi connectivity index (χ1v) is 12.0. The molecule has 1 aliphatic rings. The normalized spacial score (nSPS) is 17.0. The molecular formula is C23H31ClN4O3S. The van der Waals surface area contributed by atoms with Gasteiger partial charge in [-0.05, 0) is 31.4 Å². The fraction of sp³-hybridized carbons (Fsp3) is 0.522. The largest absolute Gasteiger partial charge is 0.445 e. The van der Waals surface area contributed by atoms with Crippen LogP contribution < -0.4 is 4.90 Å². The van der Waals surface area contributed by atoms with Crippen molar-refractivity contribution in [3.63, 3.8) is 0 Å². The Morgan fingerprint density at radius 1 is 1.34 bits per heavy atom. The van der Waals surface area contributed by atoms with E-state index in [9.17, 15) is 9.59 Å². The van der Waals surface area contributed by atoms with E-state index >= 15 is 0 Å². The number of rotatable bonds is 5. The maximum atomic E-state index is 13.2. The maximum absolute atomic E-state index is 13.2. The Bertz CT molecular complexity index is 978. The maximum Gasteiger partial charge on any atom is 0.410 e. The number of anilines is 2. The molecule has 32 heavy (non-hydrogen) atoms. The molecule has 9 heteroatoms. The summed E-state index contributed by atoms with van der Waals surface area (Å²) in [5, 5.41) is 5.70. The minimum absolute atomic E-state index is 0.0727. The average molecular weight is 479 g/mol. The lowest BCUT2D eigenvalue weighted by molar-refractivity contribution is 0.0750. The van der Waals surface area contributed by atoms with E-state index in [1.165, 1.54) is 16.0 Å². The number of ether oxygens (including phenoxy) is 1. The summed E-state index contributed by atoms with van der Waals surface area (Å²) in [6.07, 6.45) is 3.75.